The summed E-state index contributed by atoms with van der Waals surface area (Å²) in [5.74, 6) is 0.0593. The van der Waals surface area contributed by atoms with E-state index in [0.717, 1.165) is 24.2 Å². The van der Waals surface area contributed by atoms with Gasteiger partial charge in [-0.2, -0.15) is 0 Å². The van der Waals surface area contributed by atoms with Crippen molar-refractivity contribution in [3.63, 3.8) is 0 Å². The summed E-state index contributed by atoms with van der Waals surface area (Å²) in [5.41, 5.74) is 2.10. The fourth-order valence-corrected chi connectivity index (χ4v) is 2.51. The molecule has 0 saturated carbocycles. The number of hydrogen-bond donors (Lipinski definition) is 2. The summed E-state index contributed by atoms with van der Waals surface area (Å²) in [6.45, 7) is 4.85. The van der Waals surface area contributed by atoms with Crippen LogP contribution in [0.2, 0.25) is 0 Å². The Bertz CT molecular complexity index is 448. The lowest BCUT2D eigenvalue weighted by molar-refractivity contribution is -0.120. The molecule has 1 amide bonds. The Morgan fingerprint density at radius 1 is 1.47 bits per heavy atom. The third-order valence-corrected chi connectivity index (χ3v) is 3.57. The molecule has 0 radical (unpaired) electrons. The van der Waals surface area contributed by atoms with Crippen LogP contribution in [0.15, 0.2) is 24.3 Å². The van der Waals surface area contributed by atoms with Crippen molar-refractivity contribution in [2.24, 2.45) is 0 Å². The summed E-state index contributed by atoms with van der Waals surface area (Å²) in [5, 5.41) is 12.4. The number of nitrogens with zero attached hydrogens (tertiary/aromatic N) is 1. The molecule has 2 atom stereocenters. The van der Waals surface area contributed by atoms with E-state index in [0.29, 0.717) is 6.42 Å². The smallest absolute Gasteiger partial charge is 0.244 e. The van der Waals surface area contributed by atoms with Crippen LogP contribution in [0, 0.1) is 6.92 Å². The van der Waals surface area contributed by atoms with E-state index in [2.05, 4.69) is 12.2 Å². The molecule has 1 saturated heterocycles. The Balaban J connectivity index is 2.25. The zero-order valence-corrected chi connectivity index (χ0v) is 11.6. The molecule has 0 aromatic heterocycles. The van der Waals surface area contributed by atoms with Crippen LogP contribution in [0.3, 0.4) is 0 Å². The fraction of sp³-hybridized carbons (Fsp3) is 0.533. The number of benzene rings is 1. The molecule has 1 aliphatic heterocycles. The van der Waals surface area contributed by atoms with Gasteiger partial charge in [0.15, 0.2) is 0 Å². The van der Waals surface area contributed by atoms with Crippen molar-refractivity contribution >= 4 is 11.6 Å². The Labute approximate surface area is 114 Å². The Morgan fingerprint density at radius 3 is 2.95 bits per heavy atom. The SMILES string of the molecule is Cc1cccc(N2CCC(C)NC(CCO)C2=O)c1. The van der Waals surface area contributed by atoms with Crippen molar-refractivity contribution in [2.75, 3.05) is 18.1 Å². The average molecular weight is 262 g/mol. The quantitative estimate of drug-likeness (QED) is 0.867. The zero-order valence-electron chi connectivity index (χ0n) is 11.6. The second-order valence-electron chi connectivity index (χ2n) is 5.25. The Hall–Kier alpha value is -1.39. The van der Waals surface area contributed by atoms with E-state index in [1.807, 2.05) is 36.1 Å². The third-order valence-electron chi connectivity index (χ3n) is 3.57. The molecule has 1 aliphatic rings. The molecular weight excluding hydrogens is 240 g/mol. The molecule has 0 bridgehead atoms. The summed E-state index contributed by atoms with van der Waals surface area (Å²) in [4.78, 5) is 14.4. The van der Waals surface area contributed by atoms with E-state index in [9.17, 15) is 4.79 Å². The number of hydrogen-bond acceptors (Lipinski definition) is 3. The van der Waals surface area contributed by atoms with Crippen LogP contribution < -0.4 is 10.2 Å². The van der Waals surface area contributed by atoms with Gasteiger partial charge in [0, 0.05) is 24.9 Å². The number of nitrogens with one attached hydrogen (secondary N) is 1. The van der Waals surface area contributed by atoms with Crippen LogP contribution in [0.5, 0.6) is 0 Å². The van der Waals surface area contributed by atoms with E-state index >= 15 is 0 Å². The van der Waals surface area contributed by atoms with Gasteiger partial charge in [-0.3, -0.25) is 4.79 Å². The van der Waals surface area contributed by atoms with Crippen molar-refractivity contribution in [2.45, 2.75) is 38.8 Å². The molecule has 19 heavy (non-hydrogen) atoms. The fourth-order valence-electron chi connectivity index (χ4n) is 2.51. The maximum absolute atomic E-state index is 12.5. The van der Waals surface area contributed by atoms with E-state index in [1.165, 1.54) is 0 Å². The highest BCUT2D eigenvalue weighted by Crippen LogP contribution is 2.20. The Morgan fingerprint density at radius 2 is 2.26 bits per heavy atom. The second kappa shape index (κ2) is 6.17. The van der Waals surface area contributed by atoms with Gasteiger partial charge in [0.25, 0.3) is 0 Å². The van der Waals surface area contributed by atoms with Crippen LogP contribution in [-0.4, -0.2) is 36.2 Å². The van der Waals surface area contributed by atoms with Gasteiger partial charge in [-0.1, -0.05) is 12.1 Å². The standard InChI is InChI=1S/C15H22N2O2/c1-11-4-3-5-13(10-11)17-8-6-12(2)16-14(7-9-18)15(17)19/h3-5,10,12,14,16,18H,6-9H2,1-2H3. The molecule has 2 rings (SSSR count). The molecular formula is C15H22N2O2. The summed E-state index contributed by atoms with van der Waals surface area (Å²) in [6.07, 6.45) is 1.38. The highest BCUT2D eigenvalue weighted by molar-refractivity contribution is 5.97. The van der Waals surface area contributed by atoms with Crippen LogP contribution in [0.25, 0.3) is 0 Å². The molecule has 1 heterocycles. The van der Waals surface area contributed by atoms with Gasteiger partial charge in [0.1, 0.15) is 0 Å². The van der Waals surface area contributed by atoms with Gasteiger partial charge in [-0.05, 0) is 44.4 Å². The minimum atomic E-state index is -0.289. The van der Waals surface area contributed by atoms with Gasteiger partial charge in [-0.15, -0.1) is 0 Å². The highest BCUT2D eigenvalue weighted by Gasteiger charge is 2.29. The number of aliphatic hydroxyl groups is 1. The topological polar surface area (TPSA) is 52.6 Å². The maximum atomic E-state index is 12.5. The van der Waals surface area contributed by atoms with Crippen molar-refractivity contribution < 1.29 is 9.90 Å². The number of aryl methyl sites for hydroxylation is 1. The van der Waals surface area contributed by atoms with Crippen LogP contribution >= 0.6 is 0 Å². The van der Waals surface area contributed by atoms with Crippen molar-refractivity contribution in [1.29, 1.82) is 0 Å². The van der Waals surface area contributed by atoms with Gasteiger partial charge in [-0.25, -0.2) is 0 Å². The molecule has 0 spiro atoms. The van der Waals surface area contributed by atoms with Gasteiger partial charge in [0.05, 0.1) is 6.04 Å². The molecule has 4 heteroatoms. The van der Waals surface area contributed by atoms with Crippen LogP contribution in [-0.2, 0) is 4.79 Å². The number of carbonyl (C=O) groups is 1. The zero-order chi connectivity index (χ0) is 13.8. The predicted octanol–water partition coefficient (Wildman–Crippen LogP) is 1.46. The predicted molar refractivity (Wildman–Crippen MR) is 76.2 cm³/mol. The van der Waals surface area contributed by atoms with Gasteiger partial charge >= 0.3 is 0 Å². The van der Waals surface area contributed by atoms with Gasteiger partial charge < -0.3 is 15.3 Å². The molecule has 1 fully saturated rings. The normalized spacial score (nSPS) is 24.4. The van der Waals surface area contributed by atoms with E-state index in [1.54, 1.807) is 0 Å². The number of carbonyl (C=O) groups excluding carboxylic acids is 1. The van der Waals surface area contributed by atoms with Gasteiger partial charge in [0.2, 0.25) is 5.91 Å². The minimum Gasteiger partial charge on any atom is -0.396 e. The van der Waals surface area contributed by atoms with Crippen LogP contribution in [0.4, 0.5) is 5.69 Å². The molecule has 2 unspecified atom stereocenters. The summed E-state index contributed by atoms with van der Waals surface area (Å²) in [6, 6.07) is 8.00. The average Bonchev–Trinajstić information content (AvgIpc) is 2.51. The minimum absolute atomic E-state index is 0.0256. The van der Waals surface area contributed by atoms with E-state index in [4.69, 9.17) is 5.11 Å². The number of amides is 1. The van der Waals surface area contributed by atoms with Crippen LogP contribution in [0.1, 0.15) is 25.3 Å². The first-order valence-electron chi connectivity index (χ1n) is 6.87. The largest absolute Gasteiger partial charge is 0.396 e. The first-order valence-corrected chi connectivity index (χ1v) is 6.87. The maximum Gasteiger partial charge on any atom is 0.244 e. The lowest BCUT2D eigenvalue weighted by Gasteiger charge is -2.24. The highest BCUT2D eigenvalue weighted by atomic mass is 16.3. The Kier molecular flexibility index (Phi) is 4.56. The van der Waals surface area contributed by atoms with Crippen molar-refractivity contribution in [3.05, 3.63) is 29.8 Å². The number of rotatable bonds is 3. The summed E-state index contributed by atoms with van der Waals surface area (Å²) < 4.78 is 0. The first kappa shape index (κ1) is 14.0. The summed E-state index contributed by atoms with van der Waals surface area (Å²) >= 11 is 0. The monoisotopic (exact) mass is 262 g/mol. The molecule has 0 aliphatic carbocycles. The first-order chi connectivity index (χ1) is 9.11. The molecule has 104 valence electrons. The molecule has 1 aromatic carbocycles. The number of anilines is 1. The number of aliphatic hydroxyl groups excluding tert-OH is 1. The lowest BCUT2D eigenvalue weighted by Crippen LogP contribution is -2.45. The van der Waals surface area contributed by atoms with Crippen molar-refractivity contribution in [3.8, 4) is 0 Å². The van der Waals surface area contributed by atoms with E-state index < -0.39 is 0 Å². The van der Waals surface area contributed by atoms with Crippen molar-refractivity contribution in [1.82, 2.24) is 5.32 Å². The molecule has 4 nitrogen and oxygen atoms in total. The molecule has 1 aromatic rings. The lowest BCUT2D eigenvalue weighted by atomic mass is 10.1. The molecule has 2 N–H and O–H groups in total. The van der Waals surface area contributed by atoms with E-state index in [-0.39, 0.29) is 24.6 Å². The summed E-state index contributed by atoms with van der Waals surface area (Å²) in [7, 11) is 0. The third kappa shape index (κ3) is 3.33. The second-order valence-corrected chi connectivity index (χ2v) is 5.25.